The molecule has 0 fully saturated rings. The Morgan fingerprint density at radius 1 is 0.475 bits per heavy atom. The fourth-order valence-corrected chi connectivity index (χ4v) is 3.61. The van der Waals surface area contributed by atoms with Crippen molar-refractivity contribution < 1.29 is 18.6 Å². The Bertz CT molecular complexity index is 1520. The van der Waals surface area contributed by atoms with E-state index in [-0.39, 0.29) is 16.7 Å². The number of nitriles is 3. The fourth-order valence-electron chi connectivity index (χ4n) is 3.61. The molecule has 0 spiro atoms. The van der Waals surface area contributed by atoms with Crippen LogP contribution in [0.4, 0.5) is 0 Å². The number of ketones is 3. The maximum absolute atomic E-state index is 13.3. The van der Waals surface area contributed by atoms with E-state index in [4.69, 9.17) is 15.8 Å². The van der Waals surface area contributed by atoms with E-state index < -0.39 is 28.1 Å². The average molecular weight is 544 g/mol. The molecule has 194 valence electrons. The third kappa shape index (κ3) is 7.30. The lowest BCUT2D eigenvalue weighted by atomic mass is 9.92. The van der Waals surface area contributed by atoms with Crippen LogP contribution < -0.4 is 0 Å². The van der Waals surface area contributed by atoms with Crippen LogP contribution >= 0.6 is 0 Å². The minimum Gasteiger partial charge on any atom is -0.289 e. The van der Waals surface area contributed by atoms with Gasteiger partial charge in [-0.2, -0.15) is 15.8 Å². The Balaban J connectivity index is 0.00000103. The Labute approximate surface area is 234 Å². The molecule has 0 aliphatic rings. The van der Waals surface area contributed by atoms with Gasteiger partial charge >= 0.3 is 0 Å². The number of rotatable bonds is 6. The molecule has 0 saturated heterocycles. The number of nitrogens with zero attached hydrogens (tertiary/aromatic N) is 3. The smallest absolute Gasteiger partial charge is 0.193 e. The second kappa shape index (κ2) is 13.3. The van der Waals surface area contributed by atoms with E-state index >= 15 is 0 Å². The molecule has 7 nitrogen and oxygen atoms in total. The van der Waals surface area contributed by atoms with Gasteiger partial charge in [0.2, 0.25) is 0 Å². The van der Waals surface area contributed by atoms with Crippen molar-refractivity contribution in [1.29, 1.82) is 15.8 Å². The second-order valence-electron chi connectivity index (χ2n) is 8.60. The van der Waals surface area contributed by atoms with Gasteiger partial charge in [0.15, 0.2) is 17.3 Å². The van der Waals surface area contributed by atoms with Crippen LogP contribution in [0.1, 0.15) is 64.5 Å². The van der Waals surface area contributed by atoms with Crippen LogP contribution in [-0.4, -0.2) is 34.1 Å². The van der Waals surface area contributed by atoms with Crippen LogP contribution in [0.2, 0.25) is 0 Å². The first kappa shape index (κ1) is 29.1. The van der Waals surface area contributed by atoms with Gasteiger partial charge in [-0.3, -0.25) is 18.6 Å². The van der Waals surface area contributed by atoms with Gasteiger partial charge < -0.3 is 0 Å². The molecule has 0 aliphatic heterocycles. The molecule has 0 amide bonds. The molecule has 0 heterocycles. The minimum absolute atomic E-state index is 0.135. The summed E-state index contributed by atoms with van der Waals surface area (Å²) in [6.45, 7) is 0. The van der Waals surface area contributed by atoms with E-state index in [0.29, 0.717) is 33.4 Å². The molecule has 0 aliphatic carbocycles. The molecule has 0 N–H and O–H groups in total. The lowest BCUT2D eigenvalue weighted by Gasteiger charge is -2.10. The van der Waals surface area contributed by atoms with E-state index in [1.54, 1.807) is 12.5 Å². The Hall–Kier alpha value is -5.49. The summed E-state index contributed by atoms with van der Waals surface area (Å²) in [6.07, 6.45) is 3.28. The van der Waals surface area contributed by atoms with E-state index in [0.717, 1.165) is 0 Å². The van der Waals surface area contributed by atoms with Crippen molar-refractivity contribution in [1.82, 2.24) is 0 Å². The summed E-state index contributed by atoms with van der Waals surface area (Å²) >= 11 is 0. The van der Waals surface area contributed by atoms with Gasteiger partial charge in [-0.25, -0.2) is 0 Å². The highest BCUT2D eigenvalue weighted by Crippen LogP contribution is 2.21. The van der Waals surface area contributed by atoms with Gasteiger partial charge in [0.05, 0.1) is 34.9 Å². The molecule has 0 radical (unpaired) electrons. The number of carbonyl (C=O) groups is 3. The minimum atomic E-state index is -0.611. The molecular weight excluding hydrogens is 522 g/mol. The number of benzene rings is 4. The largest absolute Gasteiger partial charge is 0.289 e. The monoisotopic (exact) mass is 543 g/mol. The third-order valence-electron chi connectivity index (χ3n) is 5.55. The van der Waals surface area contributed by atoms with E-state index in [1.807, 2.05) is 18.2 Å². The summed E-state index contributed by atoms with van der Waals surface area (Å²) in [5.74, 6) is -1.24. The van der Waals surface area contributed by atoms with Crippen molar-refractivity contribution in [2.75, 3.05) is 12.5 Å². The number of hydrogen-bond acceptors (Lipinski definition) is 7. The van der Waals surface area contributed by atoms with Gasteiger partial charge in [0, 0.05) is 56.7 Å². The predicted molar refractivity (Wildman–Crippen MR) is 150 cm³/mol. The van der Waals surface area contributed by atoms with Gasteiger partial charge in [0.1, 0.15) is 0 Å². The summed E-state index contributed by atoms with van der Waals surface area (Å²) in [7, 11) is -0.611. The molecule has 0 saturated carbocycles. The van der Waals surface area contributed by atoms with Crippen molar-refractivity contribution in [3.8, 4) is 18.2 Å². The highest BCUT2D eigenvalue weighted by Gasteiger charge is 2.19. The zero-order valence-electron chi connectivity index (χ0n) is 21.5. The summed E-state index contributed by atoms with van der Waals surface area (Å²) in [5.41, 5.74) is 2.49. The van der Waals surface area contributed by atoms with Crippen LogP contribution in [-0.2, 0) is 10.8 Å². The molecule has 0 unspecified atom stereocenters. The molecule has 0 atom stereocenters. The summed E-state index contributed by atoms with van der Waals surface area (Å²) in [4.78, 5) is 39.8. The van der Waals surface area contributed by atoms with Gasteiger partial charge in [-0.15, -0.1) is 0 Å². The zero-order valence-corrected chi connectivity index (χ0v) is 22.4. The highest BCUT2D eigenvalue weighted by molar-refractivity contribution is 7.83. The average Bonchev–Trinajstić information content (AvgIpc) is 2.99. The Morgan fingerprint density at radius 3 is 0.850 bits per heavy atom. The van der Waals surface area contributed by atoms with Crippen LogP contribution in [0.15, 0.2) is 91.0 Å². The maximum atomic E-state index is 13.3. The zero-order chi connectivity index (χ0) is 29.2. The van der Waals surface area contributed by atoms with E-state index in [2.05, 4.69) is 0 Å². The molecule has 0 bridgehead atoms. The van der Waals surface area contributed by atoms with Gasteiger partial charge in [0.25, 0.3) is 0 Å². The first-order valence-electron chi connectivity index (χ1n) is 11.7. The highest BCUT2D eigenvalue weighted by atomic mass is 32.2. The molecule has 4 aromatic rings. The van der Waals surface area contributed by atoms with Gasteiger partial charge in [-0.1, -0.05) is 0 Å². The van der Waals surface area contributed by atoms with Crippen molar-refractivity contribution >= 4 is 28.1 Å². The van der Waals surface area contributed by atoms with Gasteiger partial charge in [-0.05, 0) is 91.0 Å². The maximum Gasteiger partial charge on any atom is 0.193 e. The van der Waals surface area contributed by atoms with Crippen molar-refractivity contribution in [3.63, 3.8) is 0 Å². The van der Waals surface area contributed by atoms with Crippen molar-refractivity contribution in [2.24, 2.45) is 0 Å². The lowest BCUT2D eigenvalue weighted by Crippen LogP contribution is -2.10. The van der Waals surface area contributed by atoms with Crippen LogP contribution in [0, 0.1) is 34.0 Å². The lowest BCUT2D eigenvalue weighted by molar-refractivity contribution is 0.103. The predicted octanol–water partition coefficient (Wildman–Crippen LogP) is 4.99. The Morgan fingerprint density at radius 2 is 0.675 bits per heavy atom. The summed E-state index contributed by atoms with van der Waals surface area (Å²) in [6, 6.07) is 28.4. The SMILES string of the molecule is CS(C)=O.N#Cc1ccc(C(=O)c2cc(C(=O)c3ccc(C#N)cc3)cc(C(=O)c3ccc(C#N)cc3)c2)cc1. The topological polar surface area (TPSA) is 140 Å². The second-order valence-corrected chi connectivity index (χ2v) is 10.1. The normalized spacial score (nSPS) is 9.80. The van der Waals surface area contributed by atoms with Crippen LogP contribution in [0.3, 0.4) is 0 Å². The molecule has 4 rings (SSSR count). The van der Waals surface area contributed by atoms with Crippen LogP contribution in [0.25, 0.3) is 0 Å². The molecular formula is C32H21N3O4S. The molecule has 0 aromatic heterocycles. The number of hydrogen-bond donors (Lipinski definition) is 0. The van der Waals surface area contributed by atoms with E-state index in [9.17, 15) is 18.6 Å². The van der Waals surface area contributed by atoms with E-state index in [1.165, 1.54) is 91.0 Å². The fraction of sp³-hybridized carbons (Fsp3) is 0.0625. The van der Waals surface area contributed by atoms with Crippen molar-refractivity contribution in [2.45, 2.75) is 0 Å². The molecule has 4 aromatic carbocycles. The first-order chi connectivity index (χ1) is 19.2. The molecule has 8 heteroatoms. The quantitative estimate of drug-likeness (QED) is 0.312. The number of carbonyl (C=O) groups excluding carboxylic acids is 3. The molecule has 40 heavy (non-hydrogen) atoms. The van der Waals surface area contributed by atoms with Crippen molar-refractivity contribution in [3.05, 3.63) is 141 Å². The Kier molecular flexibility index (Phi) is 9.70. The van der Waals surface area contributed by atoms with Crippen LogP contribution in [0.5, 0.6) is 0 Å². The summed E-state index contributed by atoms with van der Waals surface area (Å²) < 4.78 is 9.56. The summed E-state index contributed by atoms with van der Waals surface area (Å²) in [5, 5.41) is 27.0. The first-order valence-corrected chi connectivity index (χ1v) is 13.7. The standard InChI is InChI=1S/C30H15N3O3.C2H6OS/c31-16-19-1-7-22(8-2-19)28(34)25-13-26(29(35)23-9-3-20(17-32)4-10-23)15-27(14-25)30(36)24-11-5-21(18-33)6-12-24;1-4(2)3/h1-15H;1-2H3. The third-order valence-corrected chi connectivity index (χ3v) is 5.55.